The van der Waals surface area contributed by atoms with Crippen LogP contribution in [0.5, 0.6) is 0 Å². The largest absolute Gasteiger partial charge is 0.477 e. The van der Waals surface area contributed by atoms with E-state index in [0.29, 0.717) is 11.2 Å². The minimum absolute atomic E-state index is 0.0141. The Labute approximate surface area is 128 Å². The number of nitrogens with zero attached hydrogens (tertiary/aromatic N) is 1. The highest BCUT2D eigenvalue weighted by atomic mass is 16.6. The Morgan fingerprint density at radius 1 is 1.18 bits per heavy atom. The summed E-state index contributed by atoms with van der Waals surface area (Å²) in [6.07, 6.45) is -0.537. The number of hydrogen-bond donors (Lipinski definition) is 2. The molecule has 22 heavy (non-hydrogen) atoms. The molecule has 2 aromatic rings. The van der Waals surface area contributed by atoms with Crippen LogP contribution in [0.15, 0.2) is 24.3 Å². The van der Waals surface area contributed by atoms with Gasteiger partial charge in [0, 0.05) is 11.1 Å². The zero-order valence-electron chi connectivity index (χ0n) is 12.9. The van der Waals surface area contributed by atoms with E-state index in [1.54, 1.807) is 39.0 Å². The predicted molar refractivity (Wildman–Crippen MR) is 83.3 cm³/mol. The molecule has 0 radical (unpaired) electrons. The fraction of sp³-hybridized carbons (Fsp3) is 0.312. The summed E-state index contributed by atoms with van der Waals surface area (Å²) < 4.78 is 5.22. The number of hydrogen-bond acceptors (Lipinski definition) is 4. The van der Waals surface area contributed by atoms with Crippen molar-refractivity contribution in [2.45, 2.75) is 33.3 Å². The zero-order chi connectivity index (χ0) is 16.5. The van der Waals surface area contributed by atoms with E-state index >= 15 is 0 Å². The maximum Gasteiger partial charge on any atom is 0.412 e. The first-order valence-corrected chi connectivity index (χ1v) is 6.81. The number of carbonyl (C=O) groups is 2. The lowest BCUT2D eigenvalue weighted by molar-refractivity contribution is 0.0634. The van der Waals surface area contributed by atoms with Crippen molar-refractivity contribution in [3.63, 3.8) is 0 Å². The molecule has 1 amide bonds. The van der Waals surface area contributed by atoms with Crippen LogP contribution >= 0.6 is 0 Å². The lowest BCUT2D eigenvalue weighted by Gasteiger charge is -2.20. The maximum absolute atomic E-state index is 11.8. The van der Waals surface area contributed by atoms with Crippen molar-refractivity contribution in [1.29, 1.82) is 0 Å². The molecule has 0 atom stereocenters. The Morgan fingerprint density at radius 3 is 2.45 bits per heavy atom. The van der Waals surface area contributed by atoms with Crippen LogP contribution in [0.1, 0.15) is 36.8 Å². The lowest BCUT2D eigenvalue weighted by atomic mass is 10.1. The SMILES string of the molecule is Cc1c(NC(=O)OC(C)(C)C)ccc2nc(C(=O)O)ccc12. The second kappa shape index (κ2) is 5.63. The molecule has 116 valence electrons. The number of nitrogens with one attached hydrogen (secondary N) is 1. The molecule has 0 aliphatic rings. The molecule has 2 rings (SSSR count). The van der Waals surface area contributed by atoms with Gasteiger partial charge in [-0.15, -0.1) is 0 Å². The molecule has 0 unspecified atom stereocenters. The Kier molecular flexibility index (Phi) is 4.03. The molecule has 1 heterocycles. The Bertz CT molecular complexity index is 748. The smallest absolute Gasteiger partial charge is 0.412 e. The Hall–Kier alpha value is -2.63. The summed E-state index contributed by atoms with van der Waals surface area (Å²) in [5.41, 5.74) is 1.37. The van der Waals surface area contributed by atoms with Gasteiger partial charge in [0.05, 0.1) is 5.52 Å². The third kappa shape index (κ3) is 3.52. The summed E-state index contributed by atoms with van der Waals surface area (Å²) in [4.78, 5) is 26.8. The topological polar surface area (TPSA) is 88.5 Å². The number of anilines is 1. The van der Waals surface area contributed by atoms with Crippen molar-refractivity contribution in [3.05, 3.63) is 35.5 Å². The minimum atomic E-state index is -1.07. The second-order valence-electron chi connectivity index (χ2n) is 5.93. The summed E-state index contributed by atoms with van der Waals surface area (Å²) in [7, 11) is 0. The van der Waals surface area contributed by atoms with E-state index < -0.39 is 17.7 Å². The van der Waals surface area contributed by atoms with Crippen molar-refractivity contribution in [1.82, 2.24) is 4.98 Å². The molecular weight excluding hydrogens is 284 g/mol. The van der Waals surface area contributed by atoms with Gasteiger partial charge in [0.1, 0.15) is 11.3 Å². The Morgan fingerprint density at radius 2 is 1.86 bits per heavy atom. The highest BCUT2D eigenvalue weighted by Gasteiger charge is 2.17. The maximum atomic E-state index is 11.8. The molecule has 2 N–H and O–H groups in total. The molecule has 1 aromatic carbocycles. The van der Waals surface area contributed by atoms with Gasteiger partial charge >= 0.3 is 12.1 Å². The van der Waals surface area contributed by atoms with Crippen LogP contribution in [0, 0.1) is 6.92 Å². The van der Waals surface area contributed by atoms with Gasteiger partial charge in [-0.2, -0.15) is 0 Å². The number of benzene rings is 1. The van der Waals surface area contributed by atoms with E-state index in [1.165, 1.54) is 6.07 Å². The quantitative estimate of drug-likeness (QED) is 0.885. The van der Waals surface area contributed by atoms with Crippen LogP contribution in [-0.4, -0.2) is 27.8 Å². The lowest BCUT2D eigenvalue weighted by Crippen LogP contribution is -2.27. The molecule has 0 saturated heterocycles. The number of ether oxygens (including phenoxy) is 1. The zero-order valence-corrected chi connectivity index (χ0v) is 12.9. The molecule has 0 aliphatic carbocycles. The van der Waals surface area contributed by atoms with E-state index in [9.17, 15) is 9.59 Å². The first-order chi connectivity index (χ1) is 10.2. The number of amides is 1. The van der Waals surface area contributed by atoms with Crippen molar-refractivity contribution in [2.24, 2.45) is 0 Å². The number of carboxylic acid groups (broad SMARTS) is 1. The number of carbonyl (C=O) groups excluding carboxylic acids is 1. The molecule has 6 heteroatoms. The van der Waals surface area contributed by atoms with Gasteiger partial charge in [-0.25, -0.2) is 14.6 Å². The fourth-order valence-corrected chi connectivity index (χ4v) is 2.02. The number of carboxylic acids is 1. The molecule has 1 aromatic heterocycles. The average Bonchev–Trinajstić information content (AvgIpc) is 2.39. The summed E-state index contributed by atoms with van der Waals surface area (Å²) in [5, 5.41) is 12.4. The van der Waals surface area contributed by atoms with E-state index in [-0.39, 0.29) is 5.69 Å². The van der Waals surface area contributed by atoms with E-state index in [4.69, 9.17) is 9.84 Å². The number of aromatic carboxylic acids is 1. The van der Waals surface area contributed by atoms with Gasteiger partial charge in [-0.3, -0.25) is 5.32 Å². The van der Waals surface area contributed by atoms with Gasteiger partial charge in [-0.1, -0.05) is 6.07 Å². The number of rotatable bonds is 2. The van der Waals surface area contributed by atoms with Crippen LogP contribution in [0.25, 0.3) is 10.9 Å². The number of aromatic nitrogens is 1. The Balaban J connectivity index is 2.33. The van der Waals surface area contributed by atoms with E-state index in [1.807, 2.05) is 6.92 Å². The van der Waals surface area contributed by atoms with Gasteiger partial charge in [0.25, 0.3) is 0 Å². The van der Waals surface area contributed by atoms with Crippen molar-refractivity contribution in [3.8, 4) is 0 Å². The van der Waals surface area contributed by atoms with Crippen LogP contribution in [-0.2, 0) is 4.74 Å². The van der Waals surface area contributed by atoms with E-state index in [2.05, 4.69) is 10.3 Å². The van der Waals surface area contributed by atoms with Crippen molar-refractivity contribution < 1.29 is 19.4 Å². The van der Waals surface area contributed by atoms with E-state index in [0.717, 1.165) is 10.9 Å². The van der Waals surface area contributed by atoms with Crippen LogP contribution < -0.4 is 5.32 Å². The summed E-state index contributed by atoms with van der Waals surface area (Å²) in [6.45, 7) is 7.20. The molecular formula is C16H18N2O4. The molecule has 0 spiro atoms. The van der Waals surface area contributed by atoms with Crippen LogP contribution in [0.3, 0.4) is 0 Å². The summed E-state index contributed by atoms with van der Waals surface area (Å²) in [5.74, 6) is -1.07. The van der Waals surface area contributed by atoms with Gasteiger partial charge < -0.3 is 9.84 Å². The average molecular weight is 302 g/mol. The monoisotopic (exact) mass is 302 g/mol. The normalized spacial score (nSPS) is 11.3. The minimum Gasteiger partial charge on any atom is -0.477 e. The predicted octanol–water partition coefficient (Wildman–Crippen LogP) is 3.59. The molecule has 6 nitrogen and oxygen atoms in total. The highest BCUT2D eigenvalue weighted by Crippen LogP contribution is 2.25. The van der Waals surface area contributed by atoms with Gasteiger partial charge in [-0.05, 0) is 51.5 Å². The van der Waals surface area contributed by atoms with Gasteiger partial charge in [0.2, 0.25) is 0 Å². The van der Waals surface area contributed by atoms with Crippen LogP contribution in [0.4, 0.5) is 10.5 Å². The third-order valence-corrected chi connectivity index (χ3v) is 3.00. The molecule has 0 aliphatic heterocycles. The number of pyridine rings is 1. The van der Waals surface area contributed by atoms with Crippen molar-refractivity contribution >= 4 is 28.7 Å². The molecule has 0 saturated carbocycles. The van der Waals surface area contributed by atoms with Gasteiger partial charge in [0.15, 0.2) is 0 Å². The first-order valence-electron chi connectivity index (χ1n) is 6.81. The second-order valence-corrected chi connectivity index (χ2v) is 5.93. The molecule has 0 fully saturated rings. The molecule has 0 bridgehead atoms. The number of aryl methyl sites for hydroxylation is 1. The fourth-order valence-electron chi connectivity index (χ4n) is 2.02. The number of fused-ring (bicyclic) bond motifs is 1. The first kappa shape index (κ1) is 15.8. The van der Waals surface area contributed by atoms with Crippen molar-refractivity contribution in [2.75, 3.05) is 5.32 Å². The highest BCUT2D eigenvalue weighted by molar-refractivity contribution is 5.95. The third-order valence-electron chi connectivity index (χ3n) is 3.00. The summed E-state index contributed by atoms with van der Waals surface area (Å²) in [6, 6.07) is 6.47. The standard InChI is InChI=1S/C16H18N2O4/c1-9-10-5-6-13(14(19)20)17-12(10)8-7-11(9)18-15(21)22-16(2,3)4/h5-8H,1-4H3,(H,18,21)(H,19,20). The summed E-state index contributed by atoms with van der Waals surface area (Å²) >= 11 is 0. The van der Waals surface area contributed by atoms with Crippen LogP contribution in [0.2, 0.25) is 0 Å².